The molecule has 0 unspecified atom stereocenters. The molecule has 5 nitrogen and oxygen atoms in total. The molecule has 1 rings (SSSR count). The zero-order valence-corrected chi connectivity index (χ0v) is 18.7. The predicted molar refractivity (Wildman–Crippen MR) is 118 cm³/mol. The number of unbranched alkanes of at least 4 members (excludes halogenated alkanes) is 5. The highest BCUT2D eigenvalue weighted by Crippen LogP contribution is 2.21. The second kappa shape index (κ2) is 13.2. The lowest BCUT2D eigenvalue weighted by molar-refractivity contribution is -0.131. The average molecular weight is 422 g/mol. The van der Waals surface area contributed by atoms with Crippen LogP contribution < -0.4 is 0 Å². The van der Waals surface area contributed by atoms with Crippen molar-refractivity contribution < 1.29 is 18.3 Å². The number of hydrogen-bond acceptors (Lipinski definition) is 4. The molecule has 162 valence electrons. The van der Waals surface area contributed by atoms with E-state index < -0.39 is 20.7 Å². The quantitative estimate of drug-likeness (QED) is 0.247. The van der Waals surface area contributed by atoms with Crippen molar-refractivity contribution in [2.75, 3.05) is 13.1 Å². The number of carboxylic acids is 1. The van der Waals surface area contributed by atoms with Gasteiger partial charge in [0, 0.05) is 18.8 Å². The maximum Gasteiger partial charge on any atom is 0.347 e. The molecule has 0 radical (unpaired) electrons. The van der Waals surface area contributed by atoms with E-state index >= 15 is 0 Å². The van der Waals surface area contributed by atoms with Crippen LogP contribution >= 0.6 is 0 Å². The Hall–Kier alpha value is -2.08. The van der Waals surface area contributed by atoms with E-state index in [4.69, 9.17) is 0 Å². The molecule has 1 N–H and O–H groups in total. The molecule has 6 heteroatoms. The van der Waals surface area contributed by atoms with Crippen LogP contribution in [-0.4, -0.2) is 37.5 Å². The maximum absolute atomic E-state index is 12.8. The number of rotatable bonds is 14. The molecule has 0 amide bonds. The van der Waals surface area contributed by atoms with Gasteiger partial charge in [-0.25, -0.2) is 13.2 Å². The van der Waals surface area contributed by atoms with Crippen LogP contribution in [-0.2, 0) is 14.6 Å². The minimum atomic E-state index is -4.07. The number of allylic oxidation sites excluding steroid dienone is 3. The molecule has 0 aliphatic carbocycles. The van der Waals surface area contributed by atoms with Crippen LogP contribution in [0.5, 0.6) is 0 Å². The van der Waals surface area contributed by atoms with Gasteiger partial charge in [-0.15, -0.1) is 0 Å². The molecule has 0 atom stereocenters. The summed E-state index contributed by atoms with van der Waals surface area (Å²) in [6, 6.07) is 7.70. The van der Waals surface area contributed by atoms with Gasteiger partial charge in [-0.1, -0.05) is 57.2 Å². The molecule has 0 saturated carbocycles. The van der Waals surface area contributed by atoms with Crippen molar-refractivity contribution in [1.82, 2.24) is 4.90 Å². The van der Waals surface area contributed by atoms with E-state index in [9.17, 15) is 18.3 Å². The number of nitrogens with zero attached hydrogens (tertiary/aromatic N) is 1. The van der Waals surface area contributed by atoms with Gasteiger partial charge >= 0.3 is 5.97 Å². The van der Waals surface area contributed by atoms with E-state index in [1.807, 2.05) is 13.8 Å². The van der Waals surface area contributed by atoms with E-state index in [1.54, 1.807) is 24.3 Å². The number of sulfone groups is 1. The first-order valence-corrected chi connectivity index (χ1v) is 12.1. The maximum atomic E-state index is 12.8. The molecule has 1 aromatic carbocycles. The van der Waals surface area contributed by atoms with Crippen LogP contribution in [0.15, 0.2) is 58.0 Å². The molecular formula is C23H35NO4S. The monoisotopic (exact) mass is 421 g/mol. The summed E-state index contributed by atoms with van der Waals surface area (Å²) >= 11 is 0. The Morgan fingerprint density at radius 2 is 1.52 bits per heavy atom. The molecule has 0 spiro atoms. The summed E-state index contributed by atoms with van der Waals surface area (Å²) in [6.45, 7) is 7.86. The summed E-state index contributed by atoms with van der Waals surface area (Å²) < 4.78 is 25.5. The fourth-order valence-electron chi connectivity index (χ4n) is 3.24. The van der Waals surface area contributed by atoms with Gasteiger partial charge in [-0.05, 0) is 51.0 Å². The second-order valence-corrected chi connectivity index (χ2v) is 8.92. The van der Waals surface area contributed by atoms with Crippen LogP contribution in [0, 0.1) is 0 Å². The standard InChI is InChI=1S/C23H35NO4S/c1-4-7-8-9-10-12-15-20(24(5-2)6-3)18-19-22(23(25)26)29(27,28)21-16-13-11-14-17-21/h11,13-14,16-19H,4-10,12,15H2,1-3H3,(H,25,26). The number of aliphatic carboxylic acids is 1. The van der Waals surface area contributed by atoms with E-state index in [1.165, 1.54) is 43.9 Å². The summed E-state index contributed by atoms with van der Waals surface area (Å²) in [5.41, 5.74) is 0.979. The predicted octanol–water partition coefficient (Wildman–Crippen LogP) is 5.41. The number of carbonyl (C=O) groups is 1. The Bertz CT molecular complexity index is 778. The van der Waals surface area contributed by atoms with Crippen LogP contribution in [0.1, 0.15) is 65.7 Å². The third kappa shape index (κ3) is 8.05. The van der Waals surface area contributed by atoms with E-state index in [-0.39, 0.29) is 4.90 Å². The van der Waals surface area contributed by atoms with Crippen molar-refractivity contribution >= 4 is 15.8 Å². The van der Waals surface area contributed by atoms with Crippen LogP contribution in [0.25, 0.3) is 0 Å². The molecule has 0 saturated heterocycles. The molecule has 29 heavy (non-hydrogen) atoms. The molecule has 0 aliphatic heterocycles. The van der Waals surface area contributed by atoms with Crippen molar-refractivity contribution in [3.63, 3.8) is 0 Å². The van der Waals surface area contributed by atoms with E-state index in [2.05, 4.69) is 11.8 Å². The molecular weight excluding hydrogens is 386 g/mol. The molecule has 0 heterocycles. The first-order valence-electron chi connectivity index (χ1n) is 10.6. The SMILES string of the molecule is CCCCCCCCC(=CC=C(C(=O)O)S(=O)(=O)c1ccccc1)N(CC)CC. The highest BCUT2D eigenvalue weighted by Gasteiger charge is 2.26. The summed E-state index contributed by atoms with van der Waals surface area (Å²) in [4.78, 5) is 13.2. The molecule has 1 aromatic rings. The van der Waals surface area contributed by atoms with Gasteiger partial charge in [-0.2, -0.15) is 0 Å². The van der Waals surface area contributed by atoms with Gasteiger partial charge in [0.05, 0.1) is 4.90 Å². The minimum absolute atomic E-state index is 0.0117. The number of benzene rings is 1. The molecule has 0 fully saturated rings. The van der Waals surface area contributed by atoms with Gasteiger partial charge in [-0.3, -0.25) is 0 Å². The lowest BCUT2D eigenvalue weighted by Crippen LogP contribution is -2.22. The lowest BCUT2D eigenvalue weighted by Gasteiger charge is -2.24. The number of hydrogen-bond donors (Lipinski definition) is 1. The highest BCUT2D eigenvalue weighted by molar-refractivity contribution is 7.96. The van der Waals surface area contributed by atoms with Crippen molar-refractivity contribution in [2.45, 2.75) is 70.6 Å². The summed E-state index contributed by atoms with van der Waals surface area (Å²) in [6.07, 6.45) is 10.7. The van der Waals surface area contributed by atoms with Crippen LogP contribution in [0.3, 0.4) is 0 Å². The van der Waals surface area contributed by atoms with Crippen molar-refractivity contribution in [3.05, 3.63) is 53.1 Å². The van der Waals surface area contributed by atoms with Gasteiger partial charge in [0.15, 0.2) is 4.91 Å². The first-order chi connectivity index (χ1) is 13.9. The van der Waals surface area contributed by atoms with Gasteiger partial charge in [0.25, 0.3) is 0 Å². The Balaban J connectivity index is 3.09. The normalized spacial score (nSPS) is 12.8. The Morgan fingerprint density at radius 3 is 2.07 bits per heavy atom. The second-order valence-electron chi connectivity index (χ2n) is 7.00. The van der Waals surface area contributed by atoms with Gasteiger partial charge < -0.3 is 10.0 Å². The minimum Gasteiger partial charge on any atom is -0.477 e. The van der Waals surface area contributed by atoms with Crippen LogP contribution in [0.4, 0.5) is 0 Å². The molecule has 0 aromatic heterocycles. The fourth-order valence-corrected chi connectivity index (χ4v) is 4.48. The van der Waals surface area contributed by atoms with Crippen molar-refractivity contribution in [2.24, 2.45) is 0 Å². The first kappa shape index (κ1) is 25.0. The Morgan fingerprint density at radius 1 is 0.931 bits per heavy atom. The van der Waals surface area contributed by atoms with E-state index in [0.29, 0.717) is 0 Å². The summed E-state index contributed by atoms with van der Waals surface area (Å²) in [5.74, 6) is -1.44. The van der Waals surface area contributed by atoms with Crippen molar-refractivity contribution in [1.29, 1.82) is 0 Å². The van der Waals surface area contributed by atoms with Gasteiger partial charge in [0.1, 0.15) is 0 Å². The summed E-state index contributed by atoms with van der Waals surface area (Å²) in [5, 5.41) is 9.54. The largest absolute Gasteiger partial charge is 0.477 e. The third-order valence-corrected chi connectivity index (χ3v) is 6.72. The third-order valence-electron chi connectivity index (χ3n) is 4.94. The Labute approximate surface area is 176 Å². The fraction of sp³-hybridized carbons (Fsp3) is 0.522. The van der Waals surface area contributed by atoms with Crippen LogP contribution in [0.2, 0.25) is 0 Å². The lowest BCUT2D eigenvalue weighted by atomic mass is 10.1. The number of carboxylic acid groups (broad SMARTS) is 1. The zero-order valence-electron chi connectivity index (χ0n) is 17.9. The zero-order chi connectivity index (χ0) is 21.7. The highest BCUT2D eigenvalue weighted by atomic mass is 32.2. The van der Waals surface area contributed by atoms with Gasteiger partial charge in [0.2, 0.25) is 9.84 Å². The van der Waals surface area contributed by atoms with E-state index in [0.717, 1.165) is 38.0 Å². The molecule has 0 aliphatic rings. The average Bonchev–Trinajstić information content (AvgIpc) is 2.71. The molecule has 0 bridgehead atoms. The van der Waals surface area contributed by atoms with Crippen molar-refractivity contribution in [3.8, 4) is 0 Å². The Kier molecular flexibility index (Phi) is 11.4. The summed E-state index contributed by atoms with van der Waals surface area (Å²) in [7, 11) is -4.07. The topological polar surface area (TPSA) is 74.7 Å². The smallest absolute Gasteiger partial charge is 0.347 e.